The summed E-state index contributed by atoms with van der Waals surface area (Å²) in [5, 5.41) is 14.0. The molecule has 0 radical (unpaired) electrons. The number of hydrogen-bond acceptors (Lipinski definition) is 4. The van der Waals surface area contributed by atoms with Crippen LogP contribution >= 0.6 is 0 Å². The highest BCUT2D eigenvalue weighted by atomic mass is 16.5. The van der Waals surface area contributed by atoms with Crippen molar-refractivity contribution in [1.29, 1.82) is 0 Å². The summed E-state index contributed by atoms with van der Waals surface area (Å²) >= 11 is 0. The normalized spacial score (nSPS) is 13.4. The van der Waals surface area contributed by atoms with Crippen LogP contribution in [-0.2, 0) is 9.53 Å². The minimum atomic E-state index is 0.0401. The molecule has 100 valence electrons. The molecule has 0 rings (SSSR count). The fraction of sp³-hybridized carbons (Fsp3) is 0.818. The number of ether oxygens (including phenoxy) is 1. The van der Waals surface area contributed by atoms with Crippen LogP contribution in [-0.4, -0.2) is 37.2 Å². The van der Waals surface area contributed by atoms with Crippen LogP contribution in [0.25, 0.3) is 0 Å². The zero-order valence-corrected chi connectivity index (χ0v) is 10.6. The Morgan fingerprint density at radius 2 is 2.24 bits per heavy atom. The van der Waals surface area contributed by atoms with Crippen LogP contribution in [0.2, 0.25) is 0 Å². The Kier molecular flexibility index (Phi) is 9.14. The molecule has 1 amide bonds. The first-order valence-corrected chi connectivity index (χ1v) is 5.82. The number of oxime groups is 1. The molecule has 1 unspecified atom stereocenters. The van der Waals surface area contributed by atoms with Crippen molar-refractivity contribution in [3.05, 3.63) is 0 Å². The lowest BCUT2D eigenvalue weighted by atomic mass is 10.1. The number of carbonyl (C=O) groups is 1. The summed E-state index contributed by atoms with van der Waals surface area (Å²) in [4.78, 5) is 11.4. The third-order valence-electron chi connectivity index (χ3n) is 2.30. The first-order chi connectivity index (χ1) is 8.10. The van der Waals surface area contributed by atoms with Crippen molar-refractivity contribution in [2.24, 2.45) is 16.8 Å². The standard InChI is InChI=1S/C11H23N3O3/c1-9(8-17-2)7-11(15)13-6-4-3-5-10(12)14-16/h9,16H,3-8H2,1-2H3,(H2,12,14)(H,13,15). The molecule has 0 aromatic rings. The van der Waals surface area contributed by atoms with Gasteiger partial charge in [0.1, 0.15) is 5.84 Å². The molecule has 0 bridgehead atoms. The van der Waals surface area contributed by atoms with Gasteiger partial charge >= 0.3 is 0 Å². The SMILES string of the molecule is COCC(C)CC(=O)NCCCCC(N)=NO. The van der Waals surface area contributed by atoms with Crippen LogP contribution in [0.1, 0.15) is 32.6 Å². The minimum Gasteiger partial charge on any atom is -0.409 e. The number of nitrogens with zero attached hydrogens (tertiary/aromatic N) is 1. The van der Waals surface area contributed by atoms with Crippen molar-refractivity contribution >= 4 is 11.7 Å². The van der Waals surface area contributed by atoms with E-state index in [1.165, 1.54) is 0 Å². The number of amides is 1. The van der Waals surface area contributed by atoms with E-state index >= 15 is 0 Å². The Bertz CT molecular complexity index is 244. The summed E-state index contributed by atoms with van der Waals surface area (Å²) in [5.74, 6) is 0.501. The number of nitrogens with two attached hydrogens (primary N) is 1. The van der Waals surface area contributed by atoms with E-state index in [1.54, 1.807) is 7.11 Å². The number of nitrogens with one attached hydrogen (secondary N) is 1. The highest BCUT2D eigenvalue weighted by Crippen LogP contribution is 2.01. The summed E-state index contributed by atoms with van der Waals surface area (Å²) in [6.07, 6.45) is 2.64. The molecule has 6 heteroatoms. The van der Waals surface area contributed by atoms with Crippen molar-refractivity contribution in [3.63, 3.8) is 0 Å². The van der Waals surface area contributed by atoms with E-state index in [0.29, 0.717) is 26.0 Å². The number of unbranched alkanes of at least 4 members (excludes halogenated alkanes) is 1. The summed E-state index contributed by atoms with van der Waals surface area (Å²) in [5.41, 5.74) is 5.31. The Morgan fingerprint density at radius 3 is 2.82 bits per heavy atom. The quantitative estimate of drug-likeness (QED) is 0.183. The molecule has 0 aliphatic heterocycles. The van der Waals surface area contributed by atoms with Gasteiger partial charge < -0.3 is 21.0 Å². The van der Waals surface area contributed by atoms with Gasteiger partial charge in [-0.15, -0.1) is 0 Å². The summed E-state index contributed by atoms with van der Waals surface area (Å²) in [6.45, 7) is 3.19. The van der Waals surface area contributed by atoms with E-state index in [2.05, 4.69) is 10.5 Å². The smallest absolute Gasteiger partial charge is 0.220 e. The van der Waals surface area contributed by atoms with Gasteiger partial charge in [0.25, 0.3) is 0 Å². The molecular weight excluding hydrogens is 222 g/mol. The Morgan fingerprint density at radius 1 is 1.53 bits per heavy atom. The zero-order chi connectivity index (χ0) is 13.1. The Balaban J connectivity index is 3.45. The topological polar surface area (TPSA) is 96.9 Å². The lowest BCUT2D eigenvalue weighted by Gasteiger charge is -2.10. The molecule has 0 spiro atoms. The Labute approximate surface area is 102 Å². The minimum absolute atomic E-state index is 0.0401. The van der Waals surface area contributed by atoms with Crippen molar-refractivity contribution in [1.82, 2.24) is 5.32 Å². The maximum atomic E-state index is 11.4. The molecule has 1 atom stereocenters. The fourth-order valence-electron chi connectivity index (χ4n) is 1.44. The largest absolute Gasteiger partial charge is 0.409 e. The molecule has 0 aromatic heterocycles. The Hall–Kier alpha value is -1.30. The van der Waals surface area contributed by atoms with Crippen LogP contribution in [0, 0.1) is 5.92 Å². The van der Waals surface area contributed by atoms with Crippen LogP contribution in [0.5, 0.6) is 0 Å². The van der Waals surface area contributed by atoms with Crippen molar-refractivity contribution in [2.75, 3.05) is 20.3 Å². The molecule has 4 N–H and O–H groups in total. The van der Waals surface area contributed by atoms with Gasteiger partial charge in [-0.1, -0.05) is 12.1 Å². The second-order valence-corrected chi connectivity index (χ2v) is 4.16. The average molecular weight is 245 g/mol. The maximum Gasteiger partial charge on any atom is 0.220 e. The van der Waals surface area contributed by atoms with Gasteiger partial charge in [0.05, 0.1) is 0 Å². The number of rotatable bonds is 9. The lowest BCUT2D eigenvalue weighted by molar-refractivity contribution is -0.122. The summed E-state index contributed by atoms with van der Waals surface area (Å²) in [7, 11) is 1.63. The summed E-state index contributed by atoms with van der Waals surface area (Å²) in [6, 6.07) is 0. The third kappa shape index (κ3) is 9.62. The van der Waals surface area contributed by atoms with E-state index in [1.807, 2.05) is 6.92 Å². The average Bonchev–Trinajstić information content (AvgIpc) is 2.28. The second kappa shape index (κ2) is 9.89. The van der Waals surface area contributed by atoms with E-state index in [9.17, 15) is 4.79 Å². The molecule has 0 saturated carbocycles. The van der Waals surface area contributed by atoms with E-state index in [-0.39, 0.29) is 17.7 Å². The lowest BCUT2D eigenvalue weighted by Crippen LogP contribution is -2.27. The third-order valence-corrected chi connectivity index (χ3v) is 2.30. The van der Waals surface area contributed by atoms with Crippen LogP contribution in [0.15, 0.2) is 5.16 Å². The predicted molar refractivity (Wildman–Crippen MR) is 65.9 cm³/mol. The van der Waals surface area contributed by atoms with Gasteiger partial charge in [-0.25, -0.2) is 0 Å². The van der Waals surface area contributed by atoms with Gasteiger partial charge in [-0.2, -0.15) is 0 Å². The molecule has 17 heavy (non-hydrogen) atoms. The molecule has 0 saturated heterocycles. The molecular formula is C11H23N3O3. The van der Waals surface area contributed by atoms with E-state index < -0.39 is 0 Å². The van der Waals surface area contributed by atoms with Gasteiger partial charge in [-0.05, 0) is 18.8 Å². The van der Waals surface area contributed by atoms with Gasteiger partial charge in [0.15, 0.2) is 0 Å². The molecule has 6 nitrogen and oxygen atoms in total. The highest BCUT2D eigenvalue weighted by Gasteiger charge is 2.07. The predicted octanol–water partition coefficient (Wildman–Crippen LogP) is 0.692. The van der Waals surface area contributed by atoms with Gasteiger partial charge in [0, 0.05) is 33.1 Å². The van der Waals surface area contributed by atoms with Crippen molar-refractivity contribution in [3.8, 4) is 0 Å². The number of methoxy groups -OCH3 is 1. The molecule has 0 aliphatic carbocycles. The molecule has 0 aliphatic rings. The monoisotopic (exact) mass is 245 g/mol. The first-order valence-electron chi connectivity index (χ1n) is 5.82. The molecule has 0 aromatic carbocycles. The number of amidine groups is 1. The van der Waals surface area contributed by atoms with Crippen molar-refractivity contribution in [2.45, 2.75) is 32.6 Å². The van der Waals surface area contributed by atoms with Crippen LogP contribution in [0.4, 0.5) is 0 Å². The van der Waals surface area contributed by atoms with E-state index in [0.717, 1.165) is 12.8 Å². The molecule has 0 fully saturated rings. The highest BCUT2D eigenvalue weighted by molar-refractivity contribution is 5.79. The van der Waals surface area contributed by atoms with Crippen LogP contribution < -0.4 is 11.1 Å². The molecule has 0 heterocycles. The van der Waals surface area contributed by atoms with Crippen LogP contribution in [0.3, 0.4) is 0 Å². The fourth-order valence-corrected chi connectivity index (χ4v) is 1.44. The zero-order valence-electron chi connectivity index (χ0n) is 10.6. The number of hydrogen-bond donors (Lipinski definition) is 3. The van der Waals surface area contributed by atoms with Gasteiger partial charge in [0.2, 0.25) is 5.91 Å². The second-order valence-electron chi connectivity index (χ2n) is 4.16. The maximum absolute atomic E-state index is 11.4. The first kappa shape index (κ1) is 15.7. The van der Waals surface area contributed by atoms with Crippen molar-refractivity contribution < 1.29 is 14.7 Å². The van der Waals surface area contributed by atoms with Gasteiger partial charge in [-0.3, -0.25) is 4.79 Å². The van der Waals surface area contributed by atoms with E-state index in [4.69, 9.17) is 15.7 Å². The summed E-state index contributed by atoms with van der Waals surface area (Å²) < 4.78 is 4.96. The number of carbonyl (C=O) groups excluding carboxylic acids is 1.